The number of rotatable bonds is 5. The van der Waals surface area contributed by atoms with Crippen LogP contribution in [0.4, 0.5) is 11.4 Å². The second-order valence-corrected chi connectivity index (χ2v) is 6.48. The number of anilines is 1. The van der Waals surface area contributed by atoms with Crippen LogP contribution in [0.3, 0.4) is 0 Å². The van der Waals surface area contributed by atoms with Crippen LogP contribution in [0.15, 0.2) is 70.1 Å². The van der Waals surface area contributed by atoms with Gasteiger partial charge in [0.05, 0.1) is 18.4 Å². The van der Waals surface area contributed by atoms with E-state index < -0.39 is 11.8 Å². The Morgan fingerprint density at radius 2 is 1.86 bits per heavy atom. The van der Waals surface area contributed by atoms with Gasteiger partial charge in [-0.3, -0.25) is 14.6 Å². The van der Waals surface area contributed by atoms with Gasteiger partial charge in [-0.1, -0.05) is 35.4 Å². The van der Waals surface area contributed by atoms with E-state index in [9.17, 15) is 9.59 Å². The lowest BCUT2D eigenvalue weighted by Crippen LogP contribution is -2.34. The highest BCUT2D eigenvalue weighted by Crippen LogP contribution is 2.18. The van der Waals surface area contributed by atoms with Crippen molar-refractivity contribution in [3.8, 4) is 0 Å². The van der Waals surface area contributed by atoms with Crippen molar-refractivity contribution in [2.75, 3.05) is 5.32 Å². The minimum Gasteiger partial charge on any atom is -0.458 e. The molecule has 0 bridgehead atoms. The molecule has 1 aromatic heterocycles. The van der Waals surface area contributed by atoms with Gasteiger partial charge >= 0.3 is 11.8 Å². The summed E-state index contributed by atoms with van der Waals surface area (Å²) in [6.07, 6.45) is 1.56. The van der Waals surface area contributed by atoms with Gasteiger partial charge in [0.1, 0.15) is 11.5 Å². The number of hydrogen-bond donors (Lipinski definition) is 2. The summed E-state index contributed by atoms with van der Waals surface area (Å²) in [6.45, 7) is 2.03. The number of hydrogen-bond acceptors (Lipinski definition) is 4. The van der Waals surface area contributed by atoms with E-state index in [4.69, 9.17) is 16.0 Å². The van der Waals surface area contributed by atoms with Gasteiger partial charge in [0.25, 0.3) is 0 Å². The van der Waals surface area contributed by atoms with Crippen LogP contribution in [0.1, 0.15) is 17.1 Å². The van der Waals surface area contributed by atoms with Gasteiger partial charge in [-0.15, -0.1) is 0 Å². The highest BCUT2D eigenvalue weighted by Gasteiger charge is 2.14. The largest absolute Gasteiger partial charge is 0.458 e. The molecule has 0 radical (unpaired) electrons. The first-order chi connectivity index (χ1) is 13.5. The van der Waals surface area contributed by atoms with E-state index in [0.717, 1.165) is 5.56 Å². The Morgan fingerprint density at radius 3 is 2.61 bits per heavy atom. The molecule has 2 N–H and O–H groups in total. The van der Waals surface area contributed by atoms with Gasteiger partial charge in [-0.05, 0) is 49.4 Å². The van der Waals surface area contributed by atoms with Crippen LogP contribution < -0.4 is 10.6 Å². The summed E-state index contributed by atoms with van der Waals surface area (Å²) in [4.78, 5) is 28.1. The molecular formula is C21H18ClN3O3. The van der Waals surface area contributed by atoms with Crippen molar-refractivity contribution < 1.29 is 14.0 Å². The summed E-state index contributed by atoms with van der Waals surface area (Å²) in [7, 11) is 0. The van der Waals surface area contributed by atoms with Crippen molar-refractivity contribution in [2.45, 2.75) is 13.5 Å². The Hall–Kier alpha value is -3.38. The van der Waals surface area contributed by atoms with Crippen LogP contribution in [-0.2, 0) is 16.1 Å². The molecule has 0 fully saturated rings. The maximum atomic E-state index is 11.9. The molecule has 6 nitrogen and oxygen atoms in total. The zero-order chi connectivity index (χ0) is 19.9. The van der Waals surface area contributed by atoms with Crippen LogP contribution in [0.5, 0.6) is 0 Å². The first-order valence-electron chi connectivity index (χ1n) is 8.54. The molecule has 0 atom stereocenters. The third kappa shape index (κ3) is 5.56. The molecule has 0 saturated heterocycles. The Labute approximate surface area is 167 Å². The number of aliphatic imine (C=N–C) groups is 1. The number of furan rings is 1. The smallest absolute Gasteiger partial charge is 0.313 e. The topological polar surface area (TPSA) is 83.7 Å². The predicted molar refractivity (Wildman–Crippen MR) is 109 cm³/mol. The molecule has 1 heterocycles. The summed E-state index contributed by atoms with van der Waals surface area (Å²) in [5.74, 6) is -0.457. The zero-order valence-electron chi connectivity index (χ0n) is 15.1. The fraction of sp³-hybridized carbons (Fsp3) is 0.0952. The second-order valence-electron chi connectivity index (χ2n) is 6.04. The number of nitrogens with one attached hydrogen (secondary N) is 2. The average molecular weight is 396 g/mol. The molecular weight excluding hydrogens is 378 g/mol. The van der Waals surface area contributed by atoms with E-state index in [1.807, 2.05) is 25.1 Å². The van der Waals surface area contributed by atoms with Crippen molar-refractivity contribution in [1.29, 1.82) is 0 Å². The standard InChI is InChI=1S/C21H18ClN3O3/c1-14-5-7-16(8-6-14)25-21(27)20(26)24-13-19-10-9-18(28-19)12-23-17-4-2-3-15(22)11-17/h2-12H,13H2,1H3,(H,24,26)(H,25,27). The monoisotopic (exact) mass is 395 g/mol. The number of aryl methyl sites for hydroxylation is 1. The Bertz CT molecular complexity index is 1010. The van der Waals surface area contributed by atoms with Gasteiger partial charge in [0.15, 0.2) is 0 Å². The molecule has 28 heavy (non-hydrogen) atoms. The quantitative estimate of drug-likeness (QED) is 0.500. The van der Waals surface area contributed by atoms with E-state index in [-0.39, 0.29) is 6.54 Å². The Morgan fingerprint density at radius 1 is 1.07 bits per heavy atom. The molecule has 0 aliphatic rings. The Kier molecular flexibility index (Phi) is 6.24. The van der Waals surface area contributed by atoms with E-state index in [1.165, 1.54) is 0 Å². The molecule has 7 heteroatoms. The molecule has 2 amide bonds. The fourth-order valence-electron chi connectivity index (χ4n) is 2.33. The fourth-order valence-corrected chi connectivity index (χ4v) is 2.51. The van der Waals surface area contributed by atoms with Gasteiger partial charge in [0.2, 0.25) is 0 Å². The summed E-state index contributed by atoms with van der Waals surface area (Å²) in [6, 6.07) is 17.7. The van der Waals surface area contributed by atoms with Crippen LogP contribution in [0.25, 0.3) is 0 Å². The molecule has 0 aliphatic carbocycles. The first kappa shape index (κ1) is 19.4. The average Bonchev–Trinajstić information content (AvgIpc) is 3.14. The third-order valence-electron chi connectivity index (χ3n) is 3.77. The number of nitrogens with zero attached hydrogens (tertiary/aromatic N) is 1. The van der Waals surface area contributed by atoms with Crippen molar-refractivity contribution in [3.05, 3.63) is 82.8 Å². The number of carbonyl (C=O) groups excluding carboxylic acids is 2. The van der Waals surface area contributed by atoms with Gasteiger partial charge in [-0.2, -0.15) is 0 Å². The van der Waals surface area contributed by atoms with Crippen LogP contribution in [0, 0.1) is 6.92 Å². The maximum Gasteiger partial charge on any atom is 0.313 e. The van der Waals surface area contributed by atoms with Crippen molar-refractivity contribution >= 4 is 41.0 Å². The van der Waals surface area contributed by atoms with Crippen LogP contribution >= 0.6 is 11.6 Å². The van der Waals surface area contributed by atoms with Crippen LogP contribution in [-0.4, -0.2) is 18.0 Å². The molecule has 0 saturated carbocycles. The molecule has 0 aliphatic heterocycles. The summed E-state index contributed by atoms with van der Waals surface area (Å²) in [5, 5.41) is 5.66. The molecule has 3 aromatic rings. The lowest BCUT2D eigenvalue weighted by Gasteiger charge is -2.05. The van der Waals surface area contributed by atoms with Gasteiger partial charge in [0, 0.05) is 10.7 Å². The highest BCUT2D eigenvalue weighted by atomic mass is 35.5. The number of carbonyl (C=O) groups is 2. The SMILES string of the molecule is Cc1ccc(NC(=O)C(=O)NCc2ccc(C=Nc3cccc(Cl)c3)o2)cc1. The lowest BCUT2D eigenvalue weighted by molar-refractivity contribution is -0.136. The van der Waals surface area contributed by atoms with Crippen molar-refractivity contribution in [2.24, 2.45) is 4.99 Å². The molecule has 3 rings (SSSR count). The minimum atomic E-state index is -0.744. The van der Waals surface area contributed by atoms with E-state index in [0.29, 0.717) is 27.9 Å². The lowest BCUT2D eigenvalue weighted by atomic mass is 10.2. The molecule has 0 unspecified atom stereocenters. The second kappa shape index (κ2) is 9.01. The zero-order valence-corrected chi connectivity index (χ0v) is 15.9. The van der Waals surface area contributed by atoms with E-state index >= 15 is 0 Å². The minimum absolute atomic E-state index is 0.0884. The number of halogens is 1. The molecule has 2 aromatic carbocycles. The Balaban J connectivity index is 1.51. The number of benzene rings is 2. The van der Waals surface area contributed by atoms with E-state index in [2.05, 4.69) is 15.6 Å². The van der Waals surface area contributed by atoms with E-state index in [1.54, 1.807) is 48.7 Å². The third-order valence-corrected chi connectivity index (χ3v) is 4.01. The van der Waals surface area contributed by atoms with Gasteiger partial charge in [-0.25, -0.2) is 0 Å². The predicted octanol–water partition coefficient (Wildman–Crippen LogP) is 4.25. The molecule has 142 valence electrons. The van der Waals surface area contributed by atoms with Crippen LogP contribution in [0.2, 0.25) is 5.02 Å². The summed E-state index contributed by atoms with van der Waals surface area (Å²) < 4.78 is 5.57. The highest BCUT2D eigenvalue weighted by molar-refractivity contribution is 6.39. The maximum absolute atomic E-state index is 11.9. The van der Waals surface area contributed by atoms with Crippen molar-refractivity contribution in [1.82, 2.24) is 5.32 Å². The normalized spacial score (nSPS) is 10.8. The summed E-state index contributed by atoms with van der Waals surface area (Å²) in [5.41, 5.74) is 2.32. The van der Waals surface area contributed by atoms with Crippen molar-refractivity contribution in [3.63, 3.8) is 0 Å². The molecule has 0 spiro atoms. The van der Waals surface area contributed by atoms with Gasteiger partial charge < -0.3 is 15.1 Å². The number of amides is 2. The summed E-state index contributed by atoms with van der Waals surface area (Å²) >= 11 is 5.91. The first-order valence-corrected chi connectivity index (χ1v) is 8.91.